The van der Waals surface area contributed by atoms with Crippen molar-refractivity contribution in [2.45, 2.75) is 19.8 Å². The summed E-state index contributed by atoms with van der Waals surface area (Å²) in [4.78, 5) is 10.9. The van der Waals surface area contributed by atoms with Crippen LogP contribution < -0.4 is 0 Å². The molecule has 0 saturated carbocycles. The summed E-state index contributed by atoms with van der Waals surface area (Å²) in [5.74, 6) is 0.482. The maximum Gasteiger partial charge on any atom is 0.166 e. The van der Waals surface area contributed by atoms with E-state index in [-0.39, 0.29) is 0 Å². The van der Waals surface area contributed by atoms with Crippen molar-refractivity contribution in [2.75, 3.05) is 0 Å². The first kappa shape index (κ1) is 9.97. The van der Waals surface area contributed by atoms with Gasteiger partial charge in [-0.3, -0.25) is 4.79 Å². The molecule has 1 aromatic carbocycles. The van der Waals surface area contributed by atoms with Gasteiger partial charge in [-0.15, -0.1) is 0 Å². The number of rotatable bonds is 2. The summed E-state index contributed by atoms with van der Waals surface area (Å²) in [5, 5.41) is 1.19. The Kier molecular flexibility index (Phi) is 2.35. The topological polar surface area (TPSA) is 22.0 Å². The number of hydrogen-bond donors (Lipinski definition) is 0. The fraction of sp³-hybridized carbons (Fsp3) is 0.308. The highest BCUT2D eigenvalue weighted by Gasteiger charge is 2.10. The zero-order valence-electron chi connectivity index (χ0n) is 9.32. The fourth-order valence-electron chi connectivity index (χ4n) is 2.02. The van der Waals surface area contributed by atoms with E-state index in [0.29, 0.717) is 5.92 Å². The Morgan fingerprint density at radius 3 is 2.67 bits per heavy atom. The molecule has 0 fully saturated rings. The Labute approximate surface area is 89.5 Å². The van der Waals surface area contributed by atoms with Crippen LogP contribution in [-0.2, 0) is 7.05 Å². The van der Waals surface area contributed by atoms with Crippen molar-refractivity contribution in [2.24, 2.45) is 7.05 Å². The minimum Gasteiger partial charge on any atom is -0.341 e. The number of hydrogen-bond acceptors (Lipinski definition) is 1. The van der Waals surface area contributed by atoms with Gasteiger partial charge in [0.25, 0.3) is 0 Å². The SMILES string of the molecule is CC(C)c1cccc2c1cc(C=O)n2C. The molecule has 1 aromatic heterocycles. The van der Waals surface area contributed by atoms with Crippen molar-refractivity contribution >= 4 is 17.2 Å². The van der Waals surface area contributed by atoms with E-state index in [1.54, 1.807) is 0 Å². The molecule has 2 heteroatoms. The Hall–Kier alpha value is -1.57. The van der Waals surface area contributed by atoms with E-state index in [4.69, 9.17) is 0 Å². The number of aldehydes is 1. The number of nitrogens with zero attached hydrogens (tertiary/aromatic N) is 1. The van der Waals surface area contributed by atoms with Gasteiger partial charge in [0.15, 0.2) is 6.29 Å². The summed E-state index contributed by atoms with van der Waals surface area (Å²) in [6.45, 7) is 4.34. The van der Waals surface area contributed by atoms with Gasteiger partial charge in [0.2, 0.25) is 0 Å². The lowest BCUT2D eigenvalue weighted by Gasteiger charge is -2.07. The highest BCUT2D eigenvalue weighted by molar-refractivity contribution is 5.91. The molecule has 0 radical (unpaired) electrons. The zero-order valence-corrected chi connectivity index (χ0v) is 9.32. The van der Waals surface area contributed by atoms with Crippen LogP contribution in [0.1, 0.15) is 35.8 Å². The van der Waals surface area contributed by atoms with E-state index < -0.39 is 0 Å². The quantitative estimate of drug-likeness (QED) is 0.684. The molecule has 0 unspecified atom stereocenters. The van der Waals surface area contributed by atoms with Crippen LogP contribution in [0.25, 0.3) is 10.9 Å². The third-order valence-corrected chi connectivity index (χ3v) is 2.90. The van der Waals surface area contributed by atoms with Gasteiger partial charge in [-0.25, -0.2) is 0 Å². The summed E-state index contributed by atoms with van der Waals surface area (Å²) >= 11 is 0. The van der Waals surface area contributed by atoms with Crippen LogP contribution in [0.15, 0.2) is 24.3 Å². The fourth-order valence-corrected chi connectivity index (χ4v) is 2.02. The Morgan fingerprint density at radius 1 is 1.33 bits per heavy atom. The molecule has 2 nitrogen and oxygen atoms in total. The third kappa shape index (κ3) is 1.46. The van der Waals surface area contributed by atoms with Crippen molar-refractivity contribution < 1.29 is 4.79 Å². The Morgan fingerprint density at radius 2 is 2.07 bits per heavy atom. The van der Waals surface area contributed by atoms with Gasteiger partial charge in [0.05, 0.1) is 5.69 Å². The number of benzene rings is 1. The molecule has 1 heterocycles. The van der Waals surface area contributed by atoms with Crippen molar-refractivity contribution in [1.29, 1.82) is 0 Å². The molecule has 0 aliphatic heterocycles. The van der Waals surface area contributed by atoms with Gasteiger partial charge < -0.3 is 4.57 Å². The first-order valence-electron chi connectivity index (χ1n) is 5.18. The number of aromatic nitrogens is 1. The number of fused-ring (bicyclic) bond motifs is 1. The van der Waals surface area contributed by atoms with Crippen molar-refractivity contribution in [3.8, 4) is 0 Å². The van der Waals surface area contributed by atoms with Crippen LogP contribution in [0.3, 0.4) is 0 Å². The summed E-state index contributed by atoms with van der Waals surface area (Å²) in [7, 11) is 1.93. The largest absolute Gasteiger partial charge is 0.341 e. The van der Waals surface area contributed by atoms with Crippen LogP contribution in [0.2, 0.25) is 0 Å². The van der Waals surface area contributed by atoms with Crippen LogP contribution in [0.5, 0.6) is 0 Å². The molecule has 15 heavy (non-hydrogen) atoms. The summed E-state index contributed by atoms with van der Waals surface area (Å²) in [6, 6.07) is 8.19. The lowest BCUT2D eigenvalue weighted by Crippen LogP contribution is -1.93. The summed E-state index contributed by atoms with van der Waals surface area (Å²) in [5.41, 5.74) is 3.16. The molecule has 78 valence electrons. The average molecular weight is 201 g/mol. The normalized spacial score (nSPS) is 11.2. The van der Waals surface area contributed by atoms with Crippen LogP contribution in [0.4, 0.5) is 0 Å². The second-order valence-corrected chi connectivity index (χ2v) is 4.18. The molecule has 0 spiro atoms. The second kappa shape index (κ2) is 3.54. The van der Waals surface area contributed by atoms with Crippen molar-refractivity contribution in [3.05, 3.63) is 35.5 Å². The average Bonchev–Trinajstić information content (AvgIpc) is 2.55. The number of aryl methyl sites for hydroxylation is 1. The number of carbonyl (C=O) groups excluding carboxylic acids is 1. The second-order valence-electron chi connectivity index (χ2n) is 4.18. The lowest BCUT2D eigenvalue weighted by atomic mass is 9.99. The smallest absolute Gasteiger partial charge is 0.166 e. The highest BCUT2D eigenvalue weighted by Crippen LogP contribution is 2.27. The molecule has 2 rings (SSSR count). The lowest BCUT2D eigenvalue weighted by molar-refractivity contribution is 0.111. The standard InChI is InChI=1S/C13H15NO/c1-9(2)11-5-4-6-13-12(11)7-10(8-15)14(13)3/h4-9H,1-3H3. The molecule has 0 aliphatic rings. The summed E-state index contributed by atoms with van der Waals surface area (Å²) < 4.78 is 1.94. The van der Waals surface area contributed by atoms with Gasteiger partial charge in [-0.05, 0) is 23.6 Å². The highest BCUT2D eigenvalue weighted by atomic mass is 16.1. The minimum absolute atomic E-state index is 0.482. The van der Waals surface area contributed by atoms with Crippen LogP contribution in [-0.4, -0.2) is 10.9 Å². The molecular weight excluding hydrogens is 186 g/mol. The molecule has 0 amide bonds. The maximum absolute atomic E-state index is 10.9. The Balaban J connectivity index is 2.81. The predicted octanol–water partition coefficient (Wildman–Crippen LogP) is 3.11. The number of carbonyl (C=O) groups is 1. The van der Waals surface area contributed by atoms with Gasteiger partial charge in [-0.1, -0.05) is 26.0 Å². The molecule has 0 bridgehead atoms. The maximum atomic E-state index is 10.9. The van der Waals surface area contributed by atoms with Gasteiger partial charge in [-0.2, -0.15) is 0 Å². The molecule has 0 aliphatic carbocycles. The van der Waals surface area contributed by atoms with E-state index in [1.807, 2.05) is 29.8 Å². The molecular formula is C13H15NO. The van der Waals surface area contributed by atoms with E-state index in [0.717, 1.165) is 17.5 Å². The molecule has 2 aromatic rings. The Bertz CT molecular complexity index is 508. The predicted molar refractivity (Wildman–Crippen MR) is 62.4 cm³/mol. The van der Waals surface area contributed by atoms with Crippen LogP contribution in [0, 0.1) is 0 Å². The molecule has 0 saturated heterocycles. The van der Waals surface area contributed by atoms with Gasteiger partial charge in [0.1, 0.15) is 0 Å². The molecule has 0 N–H and O–H groups in total. The third-order valence-electron chi connectivity index (χ3n) is 2.90. The van der Waals surface area contributed by atoms with E-state index in [1.165, 1.54) is 10.9 Å². The molecule has 0 atom stereocenters. The van der Waals surface area contributed by atoms with E-state index in [2.05, 4.69) is 19.9 Å². The monoisotopic (exact) mass is 201 g/mol. The van der Waals surface area contributed by atoms with Crippen molar-refractivity contribution in [1.82, 2.24) is 4.57 Å². The van der Waals surface area contributed by atoms with Gasteiger partial charge in [0, 0.05) is 18.0 Å². The minimum atomic E-state index is 0.482. The van der Waals surface area contributed by atoms with E-state index in [9.17, 15) is 4.79 Å². The van der Waals surface area contributed by atoms with E-state index >= 15 is 0 Å². The zero-order chi connectivity index (χ0) is 11.0. The van der Waals surface area contributed by atoms with Gasteiger partial charge >= 0.3 is 0 Å². The van der Waals surface area contributed by atoms with Crippen LogP contribution >= 0.6 is 0 Å². The summed E-state index contributed by atoms with van der Waals surface area (Å²) in [6.07, 6.45) is 0.907. The first-order chi connectivity index (χ1) is 7.15. The van der Waals surface area contributed by atoms with Crippen molar-refractivity contribution in [3.63, 3.8) is 0 Å². The first-order valence-corrected chi connectivity index (χ1v) is 5.18.